The summed E-state index contributed by atoms with van der Waals surface area (Å²) in [4.78, 5) is 23.7. The van der Waals surface area contributed by atoms with E-state index < -0.39 is 11.9 Å². The number of methoxy groups -OCH3 is 2. The van der Waals surface area contributed by atoms with Gasteiger partial charge in [0.25, 0.3) is 0 Å². The van der Waals surface area contributed by atoms with Crippen LogP contribution < -0.4 is 4.74 Å². The number of phenolic OH excluding ortho intramolecular Hbond substituents is 1. The number of esters is 1. The highest BCUT2D eigenvalue weighted by atomic mass is 16.5. The van der Waals surface area contributed by atoms with Crippen LogP contribution >= 0.6 is 0 Å². The molecular formula is C18H16O7. The van der Waals surface area contributed by atoms with E-state index in [4.69, 9.17) is 13.9 Å². The number of ether oxygens (including phenoxy) is 2. The van der Waals surface area contributed by atoms with Gasteiger partial charge in [0.1, 0.15) is 28.2 Å². The monoisotopic (exact) mass is 344 g/mol. The maximum atomic E-state index is 12.0. The van der Waals surface area contributed by atoms with Crippen molar-refractivity contribution in [2.24, 2.45) is 0 Å². The Balaban J connectivity index is 2.59. The van der Waals surface area contributed by atoms with Crippen molar-refractivity contribution in [1.29, 1.82) is 0 Å². The van der Waals surface area contributed by atoms with Gasteiger partial charge in [-0.25, -0.2) is 9.59 Å². The van der Waals surface area contributed by atoms with Crippen LogP contribution in [0.1, 0.15) is 31.8 Å². The van der Waals surface area contributed by atoms with Gasteiger partial charge in [-0.1, -0.05) is 0 Å². The maximum absolute atomic E-state index is 12.0. The Hall–Kier alpha value is -3.22. The molecule has 7 heteroatoms. The molecule has 3 rings (SSSR count). The highest BCUT2D eigenvalue weighted by Gasteiger charge is 2.26. The average Bonchev–Trinajstić information content (AvgIpc) is 2.91. The van der Waals surface area contributed by atoms with Gasteiger partial charge >= 0.3 is 11.9 Å². The number of carboxylic acid groups (broad SMARTS) is 1. The number of rotatable bonds is 3. The molecule has 0 spiro atoms. The summed E-state index contributed by atoms with van der Waals surface area (Å²) in [6.45, 7) is 3.27. The fourth-order valence-electron chi connectivity index (χ4n) is 3.15. The summed E-state index contributed by atoms with van der Waals surface area (Å²) in [6, 6.07) is 2.87. The first-order chi connectivity index (χ1) is 11.8. The van der Waals surface area contributed by atoms with Crippen molar-refractivity contribution >= 4 is 33.9 Å². The molecule has 2 N–H and O–H groups in total. The first kappa shape index (κ1) is 16.6. The molecule has 0 radical (unpaired) electrons. The second kappa shape index (κ2) is 5.70. The zero-order valence-electron chi connectivity index (χ0n) is 14.1. The van der Waals surface area contributed by atoms with Crippen LogP contribution in [0, 0.1) is 13.8 Å². The fraction of sp³-hybridized carbons (Fsp3) is 0.222. The quantitative estimate of drug-likeness (QED) is 0.701. The van der Waals surface area contributed by atoms with Gasteiger partial charge in [-0.3, -0.25) is 0 Å². The number of phenols is 1. The van der Waals surface area contributed by atoms with E-state index in [-0.39, 0.29) is 28.0 Å². The Morgan fingerprint density at radius 2 is 1.76 bits per heavy atom. The van der Waals surface area contributed by atoms with E-state index in [1.165, 1.54) is 20.3 Å². The predicted octanol–water partition coefficient (Wildman–Crippen LogP) is 3.40. The van der Waals surface area contributed by atoms with E-state index in [2.05, 4.69) is 0 Å². The molecule has 0 aliphatic rings. The molecule has 0 aliphatic heterocycles. The molecule has 0 bridgehead atoms. The summed E-state index contributed by atoms with van der Waals surface area (Å²) in [5.74, 6) is -1.72. The number of furan rings is 1. The van der Waals surface area contributed by atoms with E-state index in [1.807, 2.05) is 0 Å². The number of fused-ring (bicyclic) bond motifs is 3. The first-order valence-electron chi connectivity index (χ1n) is 7.39. The Kier molecular flexibility index (Phi) is 3.79. The normalized spacial score (nSPS) is 11.0. The maximum Gasteiger partial charge on any atom is 0.341 e. The minimum Gasteiger partial charge on any atom is -0.507 e. The van der Waals surface area contributed by atoms with Gasteiger partial charge in [0, 0.05) is 11.5 Å². The smallest absolute Gasteiger partial charge is 0.341 e. The van der Waals surface area contributed by atoms with E-state index in [0.29, 0.717) is 27.6 Å². The number of aromatic hydroxyl groups is 1. The molecular weight excluding hydrogens is 328 g/mol. The lowest BCUT2D eigenvalue weighted by atomic mass is 9.98. The minimum atomic E-state index is -1.14. The van der Waals surface area contributed by atoms with Gasteiger partial charge in [0.05, 0.1) is 19.6 Å². The van der Waals surface area contributed by atoms with Crippen LogP contribution in [0.4, 0.5) is 0 Å². The zero-order chi connectivity index (χ0) is 18.5. The topological polar surface area (TPSA) is 106 Å². The molecule has 0 atom stereocenters. The summed E-state index contributed by atoms with van der Waals surface area (Å²) < 4.78 is 15.8. The molecule has 3 aromatic rings. The van der Waals surface area contributed by atoms with Crippen molar-refractivity contribution in [3.05, 3.63) is 34.4 Å². The number of carbonyl (C=O) groups excluding carboxylic acids is 1. The van der Waals surface area contributed by atoms with E-state index >= 15 is 0 Å². The van der Waals surface area contributed by atoms with Crippen LogP contribution in [0.25, 0.3) is 21.9 Å². The van der Waals surface area contributed by atoms with Crippen molar-refractivity contribution in [3.8, 4) is 11.5 Å². The van der Waals surface area contributed by atoms with E-state index in [0.717, 1.165) is 0 Å². The predicted molar refractivity (Wildman–Crippen MR) is 89.7 cm³/mol. The lowest BCUT2D eigenvalue weighted by Crippen LogP contribution is -2.04. The molecule has 25 heavy (non-hydrogen) atoms. The van der Waals surface area contributed by atoms with Crippen molar-refractivity contribution < 1.29 is 33.7 Å². The van der Waals surface area contributed by atoms with Crippen LogP contribution in [0.15, 0.2) is 16.5 Å². The van der Waals surface area contributed by atoms with Crippen molar-refractivity contribution in [2.45, 2.75) is 13.8 Å². The molecule has 0 saturated heterocycles. The number of carboxylic acids is 1. The van der Waals surface area contributed by atoms with Crippen LogP contribution in [0.3, 0.4) is 0 Å². The summed E-state index contributed by atoms with van der Waals surface area (Å²) in [5.41, 5.74) is 1.28. The number of carbonyl (C=O) groups is 2. The molecule has 130 valence electrons. The van der Waals surface area contributed by atoms with Gasteiger partial charge < -0.3 is 24.1 Å². The van der Waals surface area contributed by atoms with Crippen molar-refractivity contribution in [2.75, 3.05) is 14.2 Å². The van der Waals surface area contributed by atoms with Gasteiger partial charge in [-0.15, -0.1) is 0 Å². The third-order valence-corrected chi connectivity index (χ3v) is 4.25. The fourth-order valence-corrected chi connectivity index (χ4v) is 3.15. The average molecular weight is 344 g/mol. The summed E-state index contributed by atoms with van der Waals surface area (Å²) in [6.07, 6.45) is 0. The number of aryl methyl sites for hydroxylation is 2. The molecule has 0 saturated carbocycles. The Morgan fingerprint density at radius 1 is 1.08 bits per heavy atom. The third-order valence-electron chi connectivity index (χ3n) is 4.25. The molecule has 0 amide bonds. The van der Waals surface area contributed by atoms with Crippen molar-refractivity contribution in [1.82, 2.24) is 0 Å². The molecule has 1 heterocycles. The van der Waals surface area contributed by atoms with E-state index in [9.17, 15) is 19.8 Å². The summed E-state index contributed by atoms with van der Waals surface area (Å²) in [5, 5.41) is 20.6. The van der Waals surface area contributed by atoms with Crippen LogP contribution in [0.2, 0.25) is 0 Å². The molecule has 1 aromatic heterocycles. The molecule has 0 unspecified atom stereocenters. The van der Waals surface area contributed by atoms with Crippen LogP contribution in [-0.4, -0.2) is 36.4 Å². The SMILES string of the molecule is COC(=O)c1c(O)cc2oc3c(C(=O)O)c(C)cc(OC)c3c2c1C. The first-order valence-corrected chi connectivity index (χ1v) is 7.39. The lowest BCUT2D eigenvalue weighted by molar-refractivity contribution is 0.0596. The van der Waals surface area contributed by atoms with E-state index in [1.54, 1.807) is 19.9 Å². The zero-order valence-corrected chi connectivity index (χ0v) is 14.1. The van der Waals surface area contributed by atoms with Gasteiger partial charge in [-0.2, -0.15) is 0 Å². The van der Waals surface area contributed by atoms with Crippen molar-refractivity contribution in [3.63, 3.8) is 0 Å². The number of aromatic carboxylic acids is 1. The standard InChI is InChI=1S/C18H16O7/c1-7-5-10(23-3)15-14-8(2)13(18(22)24-4)9(19)6-11(14)25-16(15)12(7)17(20)21/h5-6,19H,1-4H3,(H,20,21). The largest absolute Gasteiger partial charge is 0.507 e. The summed E-state index contributed by atoms with van der Waals surface area (Å²) >= 11 is 0. The Bertz CT molecular complexity index is 1040. The molecule has 0 aliphatic carbocycles. The minimum absolute atomic E-state index is 0.00259. The molecule has 0 fully saturated rings. The number of hydrogen-bond donors (Lipinski definition) is 2. The highest BCUT2D eigenvalue weighted by molar-refractivity contribution is 6.18. The lowest BCUT2D eigenvalue weighted by Gasteiger charge is -2.09. The third kappa shape index (κ3) is 2.27. The van der Waals surface area contributed by atoms with Crippen LogP contribution in [-0.2, 0) is 4.74 Å². The van der Waals surface area contributed by atoms with Crippen LogP contribution in [0.5, 0.6) is 11.5 Å². The molecule has 7 nitrogen and oxygen atoms in total. The Labute approximate surface area is 142 Å². The Morgan fingerprint density at radius 3 is 2.32 bits per heavy atom. The number of benzene rings is 2. The summed E-state index contributed by atoms with van der Waals surface area (Å²) in [7, 11) is 2.68. The molecule has 2 aromatic carbocycles. The van der Waals surface area contributed by atoms with Gasteiger partial charge in [0.15, 0.2) is 5.58 Å². The van der Waals surface area contributed by atoms with Gasteiger partial charge in [-0.05, 0) is 31.0 Å². The second-order valence-corrected chi connectivity index (χ2v) is 5.64. The number of hydrogen-bond acceptors (Lipinski definition) is 6. The second-order valence-electron chi connectivity index (χ2n) is 5.64. The highest BCUT2D eigenvalue weighted by Crippen LogP contribution is 2.43. The van der Waals surface area contributed by atoms with Gasteiger partial charge in [0.2, 0.25) is 0 Å².